The number of fused-ring (bicyclic) bond motifs is 1. The molecule has 2 amide bonds. The van der Waals surface area contributed by atoms with Gasteiger partial charge in [-0.2, -0.15) is 0 Å². The first-order valence-corrected chi connectivity index (χ1v) is 8.88. The molecule has 4 nitrogen and oxygen atoms in total. The smallest absolute Gasteiger partial charge is 0.232 e. The fraction of sp³-hybridized carbons (Fsp3) is 0.300. The monoisotopic (exact) mass is 354 g/mol. The summed E-state index contributed by atoms with van der Waals surface area (Å²) in [6.45, 7) is 3.03. The largest absolute Gasteiger partial charge is 0.312 e. The Morgan fingerprint density at radius 2 is 2.00 bits per heavy atom. The van der Waals surface area contributed by atoms with E-state index in [9.17, 15) is 9.59 Å². The molecule has 0 aliphatic carbocycles. The Morgan fingerprint density at radius 3 is 2.80 bits per heavy atom. The predicted octanol–water partition coefficient (Wildman–Crippen LogP) is 3.59. The molecule has 2 heterocycles. The van der Waals surface area contributed by atoms with E-state index in [1.807, 2.05) is 42.2 Å². The van der Waals surface area contributed by atoms with Gasteiger partial charge < -0.3 is 9.80 Å². The van der Waals surface area contributed by atoms with Crippen LogP contribution in [0.4, 0.5) is 11.4 Å². The summed E-state index contributed by atoms with van der Waals surface area (Å²) < 4.78 is 0. The van der Waals surface area contributed by atoms with Crippen LogP contribution in [0.3, 0.4) is 0 Å². The number of amides is 2. The number of para-hydroxylation sites is 1. The maximum atomic E-state index is 13.0. The lowest BCUT2D eigenvalue weighted by atomic mass is 10.1. The van der Waals surface area contributed by atoms with Crippen LogP contribution in [-0.4, -0.2) is 24.9 Å². The van der Waals surface area contributed by atoms with Gasteiger partial charge in [0.15, 0.2) is 0 Å². The molecule has 2 aromatic carbocycles. The Balaban J connectivity index is 1.54. The summed E-state index contributed by atoms with van der Waals surface area (Å²) in [6.07, 6.45) is 1.13. The first-order valence-electron chi connectivity index (χ1n) is 8.50. The van der Waals surface area contributed by atoms with Gasteiger partial charge in [-0.05, 0) is 42.7 Å². The van der Waals surface area contributed by atoms with E-state index < -0.39 is 0 Å². The zero-order valence-corrected chi connectivity index (χ0v) is 14.8. The topological polar surface area (TPSA) is 40.6 Å². The van der Waals surface area contributed by atoms with Crippen LogP contribution in [0, 0.1) is 12.8 Å². The highest BCUT2D eigenvalue weighted by Gasteiger charge is 2.39. The minimum atomic E-state index is -0.307. The molecule has 0 N–H and O–H groups in total. The van der Waals surface area contributed by atoms with Crippen molar-refractivity contribution in [2.24, 2.45) is 5.92 Å². The van der Waals surface area contributed by atoms with Gasteiger partial charge in [-0.1, -0.05) is 35.9 Å². The van der Waals surface area contributed by atoms with Crippen molar-refractivity contribution >= 4 is 34.8 Å². The minimum absolute atomic E-state index is 0.0225. The molecule has 1 atom stereocenters. The Kier molecular flexibility index (Phi) is 4.00. The quantitative estimate of drug-likeness (QED) is 0.827. The highest BCUT2D eigenvalue weighted by molar-refractivity contribution is 6.31. The standard InChI is InChI=1S/C20H19ClN2O2/c1-13-6-7-16(11-17(13)21)23-12-15(10-19(23)24)20(25)22-9-8-14-4-2-3-5-18(14)22/h2-7,11,15H,8-10,12H2,1H3/t15-/m1/s1. The Bertz CT molecular complexity index is 865. The van der Waals surface area contributed by atoms with E-state index in [1.54, 1.807) is 11.0 Å². The number of rotatable bonds is 2. The summed E-state index contributed by atoms with van der Waals surface area (Å²) in [7, 11) is 0. The van der Waals surface area contributed by atoms with Gasteiger partial charge in [0, 0.05) is 35.9 Å². The van der Waals surface area contributed by atoms with Crippen LogP contribution in [0.25, 0.3) is 0 Å². The fourth-order valence-electron chi connectivity index (χ4n) is 3.66. The predicted molar refractivity (Wildman–Crippen MR) is 99.1 cm³/mol. The van der Waals surface area contributed by atoms with Crippen molar-refractivity contribution in [3.8, 4) is 0 Å². The van der Waals surface area contributed by atoms with E-state index in [2.05, 4.69) is 6.07 Å². The van der Waals surface area contributed by atoms with Crippen LogP contribution in [0.15, 0.2) is 42.5 Å². The van der Waals surface area contributed by atoms with Crippen LogP contribution in [-0.2, 0) is 16.0 Å². The molecule has 1 saturated heterocycles. The van der Waals surface area contributed by atoms with Gasteiger partial charge in [0.2, 0.25) is 11.8 Å². The van der Waals surface area contributed by atoms with Gasteiger partial charge in [-0.3, -0.25) is 9.59 Å². The van der Waals surface area contributed by atoms with Gasteiger partial charge in [-0.15, -0.1) is 0 Å². The lowest BCUT2D eigenvalue weighted by Crippen LogP contribution is -2.36. The normalized spacial score (nSPS) is 19.4. The molecule has 0 radical (unpaired) electrons. The average Bonchev–Trinajstić information content (AvgIpc) is 3.20. The molecule has 5 heteroatoms. The summed E-state index contributed by atoms with van der Waals surface area (Å²) in [5.74, 6) is -0.288. The van der Waals surface area contributed by atoms with Crippen molar-refractivity contribution in [1.29, 1.82) is 0 Å². The number of aryl methyl sites for hydroxylation is 1. The molecule has 1 fully saturated rings. The Labute approximate surface area is 152 Å². The second-order valence-electron chi connectivity index (χ2n) is 6.71. The van der Waals surface area contributed by atoms with Crippen molar-refractivity contribution in [3.05, 3.63) is 58.6 Å². The van der Waals surface area contributed by atoms with Gasteiger partial charge >= 0.3 is 0 Å². The molecule has 0 unspecified atom stereocenters. The molecule has 0 saturated carbocycles. The Morgan fingerprint density at radius 1 is 1.20 bits per heavy atom. The van der Waals surface area contributed by atoms with Crippen molar-refractivity contribution in [3.63, 3.8) is 0 Å². The molecule has 0 aromatic heterocycles. The lowest BCUT2D eigenvalue weighted by Gasteiger charge is -2.22. The third-order valence-corrected chi connectivity index (χ3v) is 5.50. The van der Waals surface area contributed by atoms with Gasteiger partial charge in [0.25, 0.3) is 0 Å². The van der Waals surface area contributed by atoms with Crippen molar-refractivity contribution < 1.29 is 9.59 Å². The average molecular weight is 355 g/mol. The van der Waals surface area contributed by atoms with Gasteiger partial charge in [0.1, 0.15) is 0 Å². The molecule has 25 heavy (non-hydrogen) atoms. The van der Waals surface area contributed by atoms with E-state index in [1.165, 1.54) is 5.56 Å². The third kappa shape index (κ3) is 2.81. The number of anilines is 2. The van der Waals surface area contributed by atoms with Gasteiger partial charge in [0.05, 0.1) is 5.92 Å². The summed E-state index contributed by atoms with van der Waals surface area (Å²) in [5, 5.41) is 0.633. The van der Waals surface area contributed by atoms with Crippen molar-refractivity contribution in [2.75, 3.05) is 22.9 Å². The summed E-state index contributed by atoms with van der Waals surface area (Å²) in [5.41, 5.74) is 3.91. The summed E-state index contributed by atoms with van der Waals surface area (Å²) >= 11 is 6.19. The SMILES string of the molecule is Cc1ccc(N2C[C@H](C(=O)N3CCc4ccccc43)CC2=O)cc1Cl. The highest BCUT2D eigenvalue weighted by Crippen LogP contribution is 2.33. The number of hydrogen-bond acceptors (Lipinski definition) is 2. The molecular formula is C20H19ClN2O2. The molecule has 2 aliphatic heterocycles. The second-order valence-corrected chi connectivity index (χ2v) is 7.11. The first-order chi connectivity index (χ1) is 12.0. The first kappa shape index (κ1) is 16.2. The fourth-order valence-corrected chi connectivity index (χ4v) is 3.83. The van der Waals surface area contributed by atoms with Crippen LogP contribution in [0.1, 0.15) is 17.5 Å². The summed E-state index contributed by atoms with van der Waals surface area (Å²) in [4.78, 5) is 28.9. The number of benzene rings is 2. The van der Waals surface area contributed by atoms with Crippen molar-refractivity contribution in [1.82, 2.24) is 0 Å². The molecule has 2 aromatic rings. The number of nitrogens with zero attached hydrogens (tertiary/aromatic N) is 2. The zero-order chi connectivity index (χ0) is 17.6. The number of carbonyl (C=O) groups is 2. The Hall–Kier alpha value is -2.33. The van der Waals surface area contributed by atoms with Gasteiger partial charge in [-0.25, -0.2) is 0 Å². The zero-order valence-electron chi connectivity index (χ0n) is 14.0. The van der Waals surface area contributed by atoms with Crippen LogP contribution in [0.2, 0.25) is 5.02 Å². The molecule has 128 valence electrons. The number of halogens is 1. The maximum absolute atomic E-state index is 13.0. The second kappa shape index (κ2) is 6.19. The molecule has 0 spiro atoms. The minimum Gasteiger partial charge on any atom is -0.312 e. The third-order valence-electron chi connectivity index (χ3n) is 5.09. The van der Waals surface area contributed by atoms with Crippen LogP contribution < -0.4 is 9.80 Å². The number of hydrogen-bond donors (Lipinski definition) is 0. The van der Waals surface area contributed by atoms with E-state index >= 15 is 0 Å². The van der Waals surface area contributed by atoms with E-state index in [4.69, 9.17) is 11.6 Å². The van der Waals surface area contributed by atoms with Crippen molar-refractivity contribution in [2.45, 2.75) is 19.8 Å². The summed E-state index contributed by atoms with van der Waals surface area (Å²) in [6, 6.07) is 13.6. The van der Waals surface area contributed by atoms with Crippen LogP contribution in [0.5, 0.6) is 0 Å². The molecule has 2 aliphatic rings. The van der Waals surface area contributed by atoms with Crippen LogP contribution >= 0.6 is 11.6 Å². The molecular weight excluding hydrogens is 336 g/mol. The highest BCUT2D eigenvalue weighted by atomic mass is 35.5. The lowest BCUT2D eigenvalue weighted by molar-refractivity contribution is -0.124. The van der Waals surface area contributed by atoms with E-state index in [0.717, 1.165) is 23.4 Å². The molecule has 4 rings (SSSR count). The van der Waals surface area contributed by atoms with E-state index in [0.29, 0.717) is 18.1 Å². The molecule has 0 bridgehead atoms. The number of carbonyl (C=O) groups excluding carboxylic acids is 2. The van der Waals surface area contributed by atoms with E-state index in [-0.39, 0.29) is 24.2 Å². The maximum Gasteiger partial charge on any atom is 0.232 e.